The number of hydrogen-bond acceptors (Lipinski definition) is 4. The Morgan fingerprint density at radius 1 is 1.61 bits per heavy atom. The summed E-state index contributed by atoms with van der Waals surface area (Å²) in [5, 5.41) is 2.91. The Morgan fingerprint density at radius 3 is 3.11 bits per heavy atom. The molecule has 0 bridgehead atoms. The molecule has 0 N–H and O–H groups in total. The number of halogens is 1. The van der Waals surface area contributed by atoms with E-state index in [9.17, 15) is 0 Å². The van der Waals surface area contributed by atoms with E-state index in [-0.39, 0.29) is 0 Å². The van der Waals surface area contributed by atoms with Crippen molar-refractivity contribution in [2.75, 3.05) is 25.2 Å². The number of imidazole rings is 1. The quantitative estimate of drug-likeness (QED) is 0.763. The molecular weight excluding hydrogens is 314 g/mol. The summed E-state index contributed by atoms with van der Waals surface area (Å²) in [5.74, 6) is 1.12. The highest BCUT2D eigenvalue weighted by atomic mass is 79.9. The summed E-state index contributed by atoms with van der Waals surface area (Å²) in [4.78, 5) is 8.25. The fraction of sp³-hybridized carbons (Fsp3) is 0.583. The van der Waals surface area contributed by atoms with Crippen molar-refractivity contribution in [1.82, 2.24) is 9.38 Å². The first-order valence-corrected chi connectivity index (χ1v) is 8.11. The molecule has 1 fully saturated rings. The number of fused-ring (bicyclic) bond motifs is 1. The maximum Gasteiger partial charge on any atom is 0.195 e. The third-order valence-corrected chi connectivity index (χ3v) is 4.55. The largest absolute Gasteiger partial charge is 0.383 e. The van der Waals surface area contributed by atoms with Gasteiger partial charge in [-0.05, 0) is 12.8 Å². The lowest BCUT2D eigenvalue weighted by Gasteiger charge is -2.22. The lowest BCUT2D eigenvalue weighted by molar-refractivity contribution is 0.204. The number of methoxy groups -OCH3 is 1. The number of aromatic nitrogens is 2. The molecule has 4 nitrogen and oxygen atoms in total. The van der Waals surface area contributed by atoms with Crippen LogP contribution < -0.4 is 4.90 Å². The molecule has 2 heterocycles. The molecule has 1 aliphatic rings. The molecule has 0 saturated heterocycles. The second kappa shape index (κ2) is 5.19. The Kier molecular flexibility index (Phi) is 3.59. The molecule has 1 aliphatic carbocycles. The van der Waals surface area contributed by atoms with Crippen LogP contribution in [0.5, 0.6) is 0 Å². The van der Waals surface area contributed by atoms with Crippen LogP contribution in [-0.2, 0) is 10.1 Å². The smallest absolute Gasteiger partial charge is 0.195 e. The number of hydrogen-bond donors (Lipinski definition) is 0. The topological polar surface area (TPSA) is 29.8 Å². The fourth-order valence-electron chi connectivity index (χ4n) is 2.21. The highest BCUT2D eigenvalue weighted by Crippen LogP contribution is 2.34. The Hall–Kier alpha value is -0.590. The molecule has 18 heavy (non-hydrogen) atoms. The normalized spacial score (nSPS) is 15.4. The molecule has 6 heteroatoms. The highest BCUT2D eigenvalue weighted by Gasteiger charge is 2.32. The van der Waals surface area contributed by atoms with Gasteiger partial charge in [0.2, 0.25) is 0 Å². The summed E-state index contributed by atoms with van der Waals surface area (Å²) < 4.78 is 7.39. The van der Waals surface area contributed by atoms with Crippen molar-refractivity contribution in [3.05, 3.63) is 17.3 Å². The zero-order valence-electron chi connectivity index (χ0n) is 10.3. The Morgan fingerprint density at radius 2 is 2.44 bits per heavy atom. The lowest BCUT2D eigenvalue weighted by Crippen LogP contribution is -2.30. The van der Waals surface area contributed by atoms with E-state index in [1.165, 1.54) is 18.5 Å². The molecular formula is C12H16BrN3OS. The van der Waals surface area contributed by atoms with Crippen molar-refractivity contribution in [2.24, 2.45) is 0 Å². The molecule has 2 aromatic heterocycles. The summed E-state index contributed by atoms with van der Waals surface area (Å²) in [5.41, 5.74) is 1.24. The van der Waals surface area contributed by atoms with Crippen LogP contribution in [0.3, 0.4) is 0 Å². The molecule has 0 aromatic carbocycles. The molecule has 3 rings (SSSR count). The predicted octanol–water partition coefficient (Wildman–Crippen LogP) is 2.91. The first-order valence-electron chi connectivity index (χ1n) is 6.11. The molecule has 98 valence electrons. The lowest BCUT2D eigenvalue weighted by atomic mass is 10.4. The van der Waals surface area contributed by atoms with E-state index in [4.69, 9.17) is 9.72 Å². The van der Waals surface area contributed by atoms with Crippen LogP contribution in [0, 0.1) is 0 Å². The number of thiazole rings is 1. The van der Waals surface area contributed by atoms with Crippen molar-refractivity contribution in [3.63, 3.8) is 0 Å². The van der Waals surface area contributed by atoms with Gasteiger partial charge in [-0.2, -0.15) is 0 Å². The van der Waals surface area contributed by atoms with Crippen LogP contribution in [0.4, 0.5) is 5.82 Å². The average molecular weight is 330 g/mol. The van der Waals surface area contributed by atoms with Gasteiger partial charge >= 0.3 is 0 Å². The van der Waals surface area contributed by atoms with Gasteiger partial charge in [-0.1, -0.05) is 15.9 Å². The minimum Gasteiger partial charge on any atom is -0.383 e. The summed E-state index contributed by atoms with van der Waals surface area (Å²) in [6, 6.07) is 0.655. The van der Waals surface area contributed by atoms with E-state index < -0.39 is 0 Å². The first-order chi connectivity index (χ1) is 8.85. The summed E-state index contributed by atoms with van der Waals surface area (Å²) in [6.07, 6.45) is 4.64. The van der Waals surface area contributed by atoms with Gasteiger partial charge in [0.15, 0.2) is 10.8 Å². The van der Waals surface area contributed by atoms with Crippen LogP contribution in [0.25, 0.3) is 4.96 Å². The maximum absolute atomic E-state index is 5.22. The number of rotatable bonds is 6. The molecule has 2 aromatic rings. The summed E-state index contributed by atoms with van der Waals surface area (Å²) in [7, 11) is 1.75. The number of alkyl halides is 1. The van der Waals surface area contributed by atoms with E-state index in [1.54, 1.807) is 18.4 Å². The van der Waals surface area contributed by atoms with E-state index in [0.29, 0.717) is 6.04 Å². The van der Waals surface area contributed by atoms with Crippen LogP contribution in [0.2, 0.25) is 0 Å². The highest BCUT2D eigenvalue weighted by molar-refractivity contribution is 9.08. The number of ether oxygens (including phenoxy) is 1. The number of anilines is 1. The van der Waals surface area contributed by atoms with Gasteiger partial charge in [0, 0.05) is 36.6 Å². The van der Waals surface area contributed by atoms with Crippen LogP contribution in [0.15, 0.2) is 11.6 Å². The van der Waals surface area contributed by atoms with E-state index in [0.717, 1.165) is 29.3 Å². The predicted molar refractivity (Wildman–Crippen MR) is 77.9 cm³/mol. The van der Waals surface area contributed by atoms with Crippen LogP contribution in [-0.4, -0.2) is 35.7 Å². The zero-order chi connectivity index (χ0) is 12.5. The maximum atomic E-state index is 5.22. The SMILES string of the molecule is COCCN(c1nc2sccn2c1CBr)C1CC1. The van der Waals surface area contributed by atoms with Gasteiger partial charge in [-0.3, -0.25) is 4.40 Å². The second-order valence-corrected chi connectivity index (χ2v) is 5.92. The van der Waals surface area contributed by atoms with Gasteiger partial charge in [0.05, 0.1) is 12.3 Å². The van der Waals surface area contributed by atoms with Gasteiger partial charge in [-0.25, -0.2) is 4.98 Å². The third-order valence-electron chi connectivity index (χ3n) is 3.26. The Bertz CT molecular complexity index is 534. The van der Waals surface area contributed by atoms with Crippen molar-refractivity contribution >= 4 is 38.0 Å². The van der Waals surface area contributed by atoms with Crippen molar-refractivity contribution in [3.8, 4) is 0 Å². The van der Waals surface area contributed by atoms with Gasteiger partial charge < -0.3 is 9.64 Å². The Balaban J connectivity index is 1.96. The third kappa shape index (κ3) is 2.17. The molecule has 0 radical (unpaired) electrons. The monoisotopic (exact) mass is 329 g/mol. The average Bonchev–Trinajstić information content (AvgIpc) is 3.00. The standard InChI is InChI=1S/C12H16BrN3OS/c1-17-6-4-15(9-2-3-9)11-10(8-13)16-5-7-18-12(16)14-11/h5,7,9H,2-4,6,8H2,1H3. The summed E-state index contributed by atoms with van der Waals surface area (Å²) >= 11 is 5.27. The minimum atomic E-state index is 0.655. The van der Waals surface area contributed by atoms with Crippen molar-refractivity contribution in [1.29, 1.82) is 0 Å². The van der Waals surface area contributed by atoms with E-state index in [1.807, 2.05) is 0 Å². The van der Waals surface area contributed by atoms with E-state index >= 15 is 0 Å². The van der Waals surface area contributed by atoms with Crippen molar-refractivity contribution in [2.45, 2.75) is 24.2 Å². The zero-order valence-corrected chi connectivity index (χ0v) is 12.7. The first kappa shape index (κ1) is 12.4. The molecule has 0 aliphatic heterocycles. The summed E-state index contributed by atoms with van der Waals surface area (Å²) in [6.45, 7) is 1.68. The van der Waals surface area contributed by atoms with Crippen LogP contribution in [0.1, 0.15) is 18.5 Å². The van der Waals surface area contributed by atoms with E-state index in [2.05, 4.69) is 36.8 Å². The fourth-order valence-corrected chi connectivity index (χ4v) is 3.46. The molecule has 0 spiro atoms. The molecule has 0 unspecified atom stereocenters. The second-order valence-electron chi connectivity index (χ2n) is 4.49. The molecule has 1 saturated carbocycles. The van der Waals surface area contributed by atoms with Crippen molar-refractivity contribution < 1.29 is 4.74 Å². The van der Waals surface area contributed by atoms with Gasteiger partial charge in [-0.15, -0.1) is 11.3 Å². The Labute approximate surface area is 119 Å². The number of nitrogens with zero attached hydrogens (tertiary/aromatic N) is 3. The molecule has 0 amide bonds. The van der Waals surface area contributed by atoms with Gasteiger partial charge in [0.25, 0.3) is 0 Å². The van der Waals surface area contributed by atoms with Gasteiger partial charge in [0.1, 0.15) is 0 Å². The minimum absolute atomic E-state index is 0.655. The molecule has 0 atom stereocenters. The van der Waals surface area contributed by atoms with Crippen LogP contribution >= 0.6 is 27.3 Å².